The molecular formula is C24H27N3O3. The van der Waals surface area contributed by atoms with Crippen LogP contribution in [-0.2, 0) is 20.9 Å². The molecule has 0 bridgehead atoms. The van der Waals surface area contributed by atoms with Gasteiger partial charge in [-0.15, -0.1) is 0 Å². The van der Waals surface area contributed by atoms with Crippen molar-refractivity contribution in [2.45, 2.75) is 25.9 Å². The predicted molar refractivity (Wildman–Crippen MR) is 117 cm³/mol. The van der Waals surface area contributed by atoms with Crippen molar-refractivity contribution in [1.82, 2.24) is 9.80 Å². The molecule has 0 aromatic heterocycles. The minimum atomic E-state index is -0.302. The Hall–Kier alpha value is -2.96. The van der Waals surface area contributed by atoms with Crippen molar-refractivity contribution in [2.75, 3.05) is 31.6 Å². The molecule has 0 spiro atoms. The molecule has 4 rings (SSSR count). The van der Waals surface area contributed by atoms with Crippen LogP contribution in [0.5, 0.6) is 0 Å². The molecule has 0 saturated carbocycles. The molecule has 0 aliphatic carbocycles. The Kier molecular flexibility index (Phi) is 6.26. The second-order valence-corrected chi connectivity index (χ2v) is 7.72. The third-order valence-electron chi connectivity index (χ3n) is 5.60. The third-order valence-corrected chi connectivity index (χ3v) is 5.60. The number of nitrogens with zero attached hydrogens (tertiary/aromatic N) is 2. The molecule has 30 heavy (non-hydrogen) atoms. The highest BCUT2D eigenvalue weighted by Gasteiger charge is 2.28. The summed E-state index contributed by atoms with van der Waals surface area (Å²) < 4.78 is 5.39. The molecule has 156 valence electrons. The highest BCUT2D eigenvalue weighted by Crippen LogP contribution is 2.33. The lowest BCUT2D eigenvalue weighted by atomic mass is 9.93. The van der Waals surface area contributed by atoms with Gasteiger partial charge in [0.05, 0.1) is 25.7 Å². The number of nitrogens with one attached hydrogen (secondary N) is 1. The van der Waals surface area contributed by atoms with Crippen LogP contribution in [0.1, 0.15) is 36.1 Å². The summed E-state index contributed by atoms with van der Waals surface area (Å²) in [5.41, 5.74) is 4.01. The smallest absolute Gasteiger partial charge is 0.226 e. The van der Waals surface area contributed by atoms with Crippen LogP contribution in [0, 0.1) is 0 Å². The standard InChI is InChI=1S/C24H27N3O3/c1-18(28)27-11-10-20-4-2-3-5-22(20)23(27)16-24(29)25-21-8-6-19(7-9-21)17-26-12-14-30-15-13-26/h2-11,23H,12-17H2,1H3,(H,25,29). The fourth-order valence-corrected chi connectivity index (χ4v) is 4.01. The maximum atomic E-state index is 12.8. The molecule has 6 nitrogen and oxygen atoms in total. The molecule has 2 aromatic rings. The van der Waals surface area contributed by atoms with Crippen LogP contribution in [-0.4, -0.2) is 47.9 Å². The van der Waals surface area contributed by atoms with Crippen LogP contribution in [0.15, 0.2) is 54.7 Å². The van der Waals surface area contributed by atoms with E-state index in [2.05, 4.69) is 10.2 Å². The van der Waals surface area contributed by atoms with Crippen LogP contribution in [0.4, 0.5) is 5.69 Å². The normalized spacial score (nSPS) is 18.7. The molecule has 2 heterocycles. The van der Waals surface area contributed by atoms with Gasteiger partial charge in [-0.25, -0.2) is 0 Å². The van der Waals surface area contributed by atoms with Crippen LogP contribution >= 0.6 is 0 Å². The molecular weight excluding hydrogens is 378 g/mol. The first-order chi connectivity index (χ1) is 14.6. The van der Waals surface area contributed by atoms with Gasteiger partial charge in [0, 0.05) is 38.4 Å². The van der Waals surface area contributed by atoms with E-state index >= 15 is 0 Å². The Morgan fingerprint density at radius 3 is 2.53 bits per heavy atom. The van der Waals surface area contributed by atoms with Crippen molar-refractivity contribution in [3.05, 3.63) is 71.4 Å². The van der Waals surface area contributed by atoms with Gasteiger partial charge in [-0.1, -0.05) is 36.4 Å². The predicted octanol–water partition coefficient (Wildman–Crippen LogP) is 3.42. The second-order valence-electron chi connectivity index (χ2n) is 7.72. The summed E-state index contributed by atoms with van der Waals surface area (Å²) in [5.74, 6) is -0.191. The molecule has 1 atom stereocenters. The van der Waals surface area contributed by atoms with Crippen LogP contribution in [0.25, 0.3) is 6.08 Å². The van der Waals surface area contributed by atoms with Gasteiger partial charge in [-0.05, 0) is 34.9 Å². The number of morpholine rings is 1. The highest BCUT2D eigenvalue weighted by molar-refractivity contribution is 5.92. The van der Waals surface area contributed by atoms with Gasteiger partial charge >= 0.3 is 0 Å². The lowest BCUT2D eigenvalue weighted by molar-refractivity contribution is -0.129. The minimum Gasteiger partial charge on any atom is -0.379 e. The number of ether oxygens (including phenoxy) is 1. The summed E-state index contributed by atoms with van der Waals surface area (Å²) in [6.45, 7) is 5.87. The molecule has 1 unspecified atom stereocenters. The van der Waals surface area contributed by atoms with Gasteiger partial charge in [0.1, 0.15) is 0 Å². The molecule has 2 aliphatic rings. The first-order valence-corrected chi connectivity index (χ1v) is 10.3. The number of carbonyl (C=O) groups is 2. The van der Waals surface area contributed by atoms with Crippen molar-refractivity contribution < 1.29 is 14.3 Å². The second kappa shape index (κ2) is 9.24. The summed E-state index contributed by atoms with van der Waals surface area (Å²) in [7, 11) is 0. The molecule has 2 aromatic carbocycles. The number of anilines is 1. The van der Waals surface area contributed by atoms with E-state index in [9.17, 15) is 9.59 Å². The van der Waals surface area contributed by atoms with E-state index in [4.69, 9.17) is 4.74 Å². The lowest BCUT2D eigenvalue weighted by Crippen LogP contribution is -2.35. The number of carbonyl (C=O) groups excluding carboxylic acids is 2. The monoisotopic (exact) mass is 405 g/mol. The number of hydrogen-bond donors (Lipinski definition) is 1. The van der Waals surface area contributed by atoms with Crippen molar-refractivity contribution in [3.63, 3.8) is 0 Å². The summed E-state index contributed by atoms with van der Waals surface area (Å²) in [6, 6.07) is 15.5. The van der Waals surface area contributed by atoms with Gasteiger partial charge in [0.25, 0.3) is 0 Å². The fraction of sp³-hybridized carbons (Fsp3) is 0.333. The van der Waals surface area contributed by atoms with Gasteiger partial charge in [-0.3, -0.25) is 14.5 Å². The zero-order valence-electron chi connectivity index (χ0n) is 17.2. The van der Waals surface area contributed by atoms with Crippen molar-refractivity contribution >= 4 is 23.6 Å². The topological polar surface area (TPSA) is 61.9 Å². The Morgan fingerprint density at radius 2 is 1.80 bits per heavy atom. The van der Waals surface area contributed by atoms with E-state index in [0.29, 0.717) is 0 Å². The van der Waals surface area contributed by atoms with Crippen LogP contribution in [0.3, 0.4) is 0 Å². The summed E-state index contributed by atoms with van der Waals surface area (Å²) in [4.78, 5) is 28.9. The van der Waals surface area contributed by atoms with E-state index in [-0.39, 0.29) is 24.3 Å². The lowest BCUT2D eigenvalue weighted by Gasteiger charge is -2.32. The number of amides is 2. The Morgan fingerprint density at radius 1 is 1.07 bits per heavy atom. The molecule has 2 aliphatic heterocycles. The van der Waals surface area contributed by atoms with Gasteiger partial charge < -0.3 is 15.0 Å². The first-order valence-electron chi connectivity index (χ1n) is 10.3. The number of fused-ring (bicyclic) bond motifs is 1. The average Bonchev–Trinajstić information content (AvgIpc) is 2.76. The zero-order chi connectivity index (χ0) is 20.9. The highest BCUT2D eigenvalue weighted by atomic mass is 16.5. The van der Waals surface area contributed by atoms with Crippen molar-refractivity contribution in [1.29, 1.82) is 0 Å². The van der Waals surface area contributed by atoms with Crippen LogP contribution < -0.4 is 5.32 Å². The van der Waals surface area contributed by atoms with Crippen molar-refractivity contribution in [2.24, 2.45) is 0 Å². The Balaban J connectivity index is 1.40. The maximum absolute atomic E-state index is 12.8. The summed E-state index contributed by atoms with van der Waals surface area (Å²) >= 11 is 0. The van der Waals surface area contributed by atoms with Gasteiger partial charge in [0.2, 0.25) is 11.8 Å². The molecule has 2 amide bonds. The van der Waals surface area contributed by atoms with Crippen molar-refractivity contribution in [3.8, 4) is 0 Å². The van der Waals surface area contributed by atoms with E-state index < -0.39 is 0 Å². The fourth-order valence-electron chi connectivity index (χ4n) is 4.01. The van der Waals surface area contributed by atoms with Crippen LogP contribution in [0.2, 0.25) is 0 Å². The molecule has 1 saturated heterocycles. The first kappa shape index (κ1) is 20.3. The molecule has 6 heteroatoms. The van der Waals surface area contributed by atoms with Gasteiger partial charge in [0.15, 0.2) is 0 Å². The van der Waals surface area contributed by atoms with E-state index in [1.165, 1.54) is 12.5 Å². The van der Waals surface area contributed by atoms with E-state index in [1.54, 1.807) is 11.1 Å². The quantitative estimate of drug-likeness (QED) is 0.828. The summed E-state index contributed by atoms with van der Waals surface area (Å²) in [6.07, 6.45) is 3.89. The number of rotatable bonds is 5. The van der Waals surface area contributed by atoms with E-state index in [0.717, 1.165) is 49.7 Å². The number of hydrogen-bond acceptors (Lipinski definition) is 4. The van der Waals surface area contributed by atoms with Gasteiger partial charge in [-0.2, -0.15) is 0 Å². The minimum absolute atomic E-state index is 0.0778. The zero-order valence-corrected chi connectivity index (χ0v) is 17.2. The largest absolute Gasteiger partial charge is 0.379 e. The molecule has 0 radical (unpaired) electrons. The maximum Gasteiger partial charge on any atom is 0.226 e. The number of benzene rings is 2. The molecule has 1 N–H and O–H groups in total. The van der Waals surface area contributed by atoms with E-state index in [1.807, 2.05) is 54.6 Å². The Bertz CT molecular complexity index is 933. The Labute approximate surface area is 177 Å². The average molecular weight is 405 g/mol. The summed E-state index contributed by atoms with van der Waals surface area (Å²) in [5, 5.41) is 2.98. The molecule has 1 fully saturated rings. The SMILES string of the molecule is CC(=O)N1C=Cc2ccccc2C1CC(=O)Nc1ccc(CN2CCOCC2)cc1. The third kappa shape index (κ3) is 4.78.